The molecule has 214 valence electrons. The maximum absolute atomic E-state index is 14.5. The molecule has 1 aliphatic rings. The lowest BCUT2D eigenvalue weighted by Crippen LogP contribution is -2.47. The van der Waals surface area contributed by atoms with E-state index in [4.69, 9.17) is 14.8 Å². The van der Waals surface area contributed by atoms with Crippen LogP contribution >= 0.6 is 11.8 Å². The molecular formula is C32H39F2N3O2S. The van der Waals surface area contributed by atoms with Gasteiger partial charge in [0.2, 0.25) is 0 Å². The number of ether oxygens (including phenoxy) is 1. The third-order valence-corrected chi connectivity index (χ3v) is 12.7. The molecule has 0 spiro atoms. The van der Waals surface area contributed by atoms with Crippen molar-refractivity contribution in [2.24, 2.45) is 21.7 Å². The Labute approximate surface area is 240 Å². The van der Waals surface area contributed by atoms with E-state index in [2.05, 4.69) is 79.1 Å². The maximum atomic E-state index is 14.5. The number of aromatic nitrogens is 3. The van der Waals surface area contributed by atoms with Gasteiger partial charge in [-0.1, -0.05) is 79.0 Å². The van der Waals surface area contributed by atoms with Crippen LogP contribution in [0.15, 0.2) is 48.0 Å². The standard InChI is InChI=1S/C32H39F2N3O2S/c1-28(2)29(3,4)31(7,8)32(9,30(28,5)6)40-27-36-19-22(37(27)21-12-10-14-35-18-21)20-39-23-16-25(33)24(13-11-15-38)26(34)17-23/h10,12,14,16-19,38H,15,20H2,1-9H3. The van der Waals surface area contributed by atoms with Crippen LogP contribution < -0.4 is 4.74 Å². The lowest BCUT2D eigenvalue weighted by atomic mass is 9.57. The number of hydrogen-bond acceptors (Lipinski definition) is 5. The molecule has 0 radical (unpaired) electrons. The highest BCUT2D eigenvalue weighted by atomic mass is 32.2. The summed E-state index contributed by atoms with van der Waals surface area (Å²) in [5.74, 6) is 2.90. The van der Waals surface area contributed by atoms with Crippen LogP contribution in [0.5, 0.6) is 5.75 Å². The average Bonchev–Trinajstić information content (AvgIpc) is 3.30. The monoisotopic (exact) mass is 567 g/mol. The Morgan fingerprint density at radius 2 is 1.52 bits per heavy atom. The summed E-state index contributed by atoms with van der Waals surface area (Å²) in [6.45, 7) is 20.8. The Morgan fingerprint density at radius 1 is 0.925 bits per heavy atom. The van der Waals surface area contributed by atoms with Crippen LogP contribution in [0.4, 0.5) is 8.78 Å². The van der Waals surface area contributed by atoms with E-state index in [9.17, 15) is 8.78 Å². The second-order valence-corrected chi connectivity index (χ2v) is 14.1. The van der Waals surface area contributed by atoms with Crippen LogP contribution in [-0.2, 0) is 6.61 Å². The number of imidazole rings is 1. The zero-order valence-corrected chi connectivity index (χ0v) is 25.6. The molecule has 4 rings (SSSR count). The molecule has 2 heterocycles. The highest BCUT2D eigenvalue weighted by Crippen LogP contribution is 2.78. The molecule has 40 heavy (non-hydrogen) atoms. The predicted molar refractivity (Wildman–Crippen MR) is 155 cm³/mol. The van der Waals surface area contributed by atoms with Gasteiger partial charge in [-0.2, -0.15) is 0 Å². The van der Waals surface area contributed by atoms with Gasteiger partial charge in [0.15, 0.2) is 5.16 Å². The lowest BCUT2D eigenvalue weighted by Gasteiger charge is -2.49. The van der Waals surface area contributed by atoms with Gasteiger partial charge in [-0.05, 0) is 40.7 Å². The second kappa shape index (κ2) is 10.2. The van der Waals surface area contributed by atoms with E-state index in [-0.39, 0.29) is 38.8 Å². The molecule has 0 saturated heterocycles. The first kappa shape index (κ1) is 30.1. The molecule has 1 aliphatic carbocycles. The van der Waals surface area contributed by atoms with Gasteiger partial charge in [0.1, 0.15) is 30.6 Å². The van der Waals surface area contributed by atoms with Crippen molar-refractivity contribution in [2.75, 3.05) is 6.61 Å². The van der Waals surface area contributed by atoms with Crippen LogP contribution in [0, 0.1) is 45.1 Å². The summed E-state index contributed by atoms with van der Waals surface area (Å²) < 4.78 is 36.7. The van der Waals surface area contributed by atoms with E-state index in [1.807, 2.05) is 16.7 Å². The van der Waals surface area contributed by atoms with Crippen molar-refractivity contribution in [3.05, 3.63) is 65.7 Å². The number of hydrogen-bond donors (Lipinski definition) is 1. The Morgan fingerprint density at radius 3 is 2.05 bits per heavy atom. The van der Waals surface area contributed by atoms with Crippen molar-refractivity contribution in [1.29, 1.82) is 0 Å². The van der Waals surface area contributed by atoms with Gasteiger partial charge >= 0.3 is 0 Å². The van der Waals surface area contributed by atoms with Gasteiger partial charge < -0.3 is 9.84 Å². The van der Waals surface area contributed by atoms with Gasteiger partial charge in [0.25, 0.3) is 0 Å². The van der Waals surface area contributed by atoms with E-state index in [0.717, 1.165) is 28.7 Å². The van der Waals surface area contributed by atoms with E-state index >= 15 is 0 Å². The fraction of sp³-hybridized carbons (Fsp3) is 0.500. The van der Waals surface area contributed by atoms with Crippen LogP contribution in [0.1, 0.15) is 73.6 Å². The smallest absolute Gasteiger partial charge is 0.173 e. The van der Waals surface area contributed by atoms with E-state index in [1.54, 1.807) is 30.4 Å². The van der Waals surface area contributed by atoms with Crippen LogP contribution in [0.3, 0.4) is 0 Å². The summed E-state index contributed by atoms with van der Waals surface area (Å²) in [5.41, 5.74) is 1.03. The molecule has 8 heteroatoms. The average molecular weight is 568 g/mol. The molecule has 1 aromatic carbocycles. The molecule has 0 bridgehead atoms. The summed E-state index contributed by atoms with van der Waals surface area (Å²) in [6, 6.07) is 6.01. The summed E-state index contributed by atoms with van der Waals surface area (Å²) >= 11 is 1.76. The van der Waals surface area contributed by atoms with Gasteiger partial charge in [-0.15, -0.1) is 0 Å². The molecule has 3 aromatic rings. The van der Waals surface area contributed by atoms with Crippen molar-refractivity contribution >= 4 is 11.8 Å². The fourth-order valence-electron chi connectivity index (χ4n) is 6.32. The normalized spacial score (nSPS) is 19.6. The van der Waals surface area contributed by atoms with E-state index in [0.29, 0.717) is 0 Å². The highest BCUT2D eigenvalue weighted by Gasteiger charge is 2.74. The molecule has 5 nitrogen and oxygen atoms in total. The zero-order chi connectivity index (χ0) is 29.7. The number of aliphatic hydroxyl groups is 1. The minimum atomic E-state index is -0.850. The molecule has 1 saturated carbocycles. The number of nitrogens with zero attached hydrogens (tertiary/aromatic N) is 3. The largest absolute Gasteiger partial charge is 0.487 e. The number of rotatable bonds is 6. The highest BCUT2D eigenvalue weighted by molar-refractivity contribution is 8.00. The predicted octanol–water partition coefficient (Wildman–Crippen LogP) is 7.44. The minimum Gasteiger partial charge on any atom is -0.487 e. The summed E-state index contributed by atoms with van der Waals surface area (Å²) in [5, 5.41) is 9.65. The summed E-state index contributed by atoms with van der Waals surface area (Å²) in [6.07, 6.45) is 5.23. The van der Waals surface area contributed by atoms with E-state index < -0.39 is 23.8 Å². The SMILES string of the molecule is CC1(C)C(C)(C)C(C)(C)C(C)(Sc2ncc(COc3cc(F)c(C#CCO)c(F)c3)n2-c2cccnc2)C1(C)C. The molecule has 0 atom stereocenters. The molecule has 1 N–H and O–H groups in total. The van der Waals surface area contributed by atoms with Crippen molar-refractivity contribution in [1.82, 2.24) is 14.5 Å². The van der Waals surface area contributed by atoms with Crippen LogP contribution in [0.2, 0.25) is 0 Å². The fourth-order valence-corrected chi connectivity index (χ4v) is 8.12. The van der Waals surface area contributed by atoms with Crippen molar-refractivity contribution in [3.8, 4) is 23.3 Å². The summed E-state index contributed by atoms with van der Waals surface area (Å²) in [4.78, 5) is 9.17. The minimum absolute atomic E-state index is 0.0186. The van der Waals surface area contributed by atoms with Crippen molar-refractivity contribution in [2.45, 2.75) is 78.8 Å². The third kappa shape index (κ3) is 4.33. The van der Waals surface area contributed by atoms with Crippen LogP contribution in [-0.4, -0.2) is 31.0 Å². The first-order chi connectivity index (χ1) is 18.5. The van der Waals surface area contributed by atoms with Crippen molar-refractivity contribution < 1.29 is 18.6 Å². The van der Waals surface area contributed by atoms with E-state index in [1.165, 1.54) is 0 Å². The van der Waals surface area contributed by atoms with Gasteiger partial charge in [-0.25, -0.2) is 13.8 Å². The Bertz CT molecular complexity index is 1420. The first-order valence-corrected chi connectivity index (χ1v) is 14.2. The topological polar surface area (TPSA) is 60.2 Å². The zero-order valence-electron chi connectivity index (χ0n) is 24.8. The number of pyridine rings is 1. The maximum Gasteiger partial charge on any atom is 0.173 e. The quantitative estimate of drug-likeness (QED) is 0.314. The molecule has 0 amide bonds. The molecule has 2 aromatic heterocycles. The number of halogens is 2. The Balaban J connectivity index is 1.74. The summed E-state index contributed by atoms with van der Waals surface area (Å²) in [7, 11) is 0. The molecule has 0 aliphatic heterocycles. The number of thioether (sulfide) groups is 1. The van der Waals surface area contributed by atoms with Crippen molar-refractivity contribution in [3.63, 3.8) is 0 Å². The third-order valence-electron chi connectivity index (χ3n) is 10.8. The van der Waals surface area contributed by atoms with Gasteiger partial charge in [0, 0.05) is 23.1 Å². The van der Waals surface area contributed by atoms with Gasteiger partial charge in [0.05, 0.1) is 29.3 Å². The second-order valence-electron chi connectivity index (χ2n) is 12.7. The van der Waals surface area contributed by atoms with Gasteiger partial charge in [-0.3, -0.25) is 9.55 Å². The first-order valence-electron chi connectivity index (χ1n) is 13.4. The number of benzene rings is 1. The lowest BCUT2D eigenvalue weighted by molar-refractivity contribution is 0.0135. The Hall–Kier alpha value is -2.89. The molecule has 0 unspecified atom stereocenters. The van der Waals surface area contributed by atoms with Crippen LogP contribution in [0.25, 0.3) is 5.69 Å². The Kier molecular flexibility index (Phi) is 7.66. The number of aliphatic hydroxyl groups excluding tert-OH is 1. The molecular weight excluding hydrogens is 528 g/mol. The molecule has 1 fully saturated rings.